The second-order valence-corrected chi connectivity index (χ2v) is 10.4. The summed E-state index contributed by atoms with van der Waals surface area (Å²) in [7, 11) is 3.51. The summed E-state index contributed by atoms with van der Waals surface area (Å²) in [6.07, 6.45) is 0.303. The van der Waals surface area contributed by atoms with Gasteiger partial charge in [-0.15, -0.1) is 11.3 Å². The van der Waals surface area contributed by atoms with Crippen LogP contribution < -0.4 is 20.9 Å². The SMILES string of the molecule is CNc1ccc(NC(=O)c2cccc(C(=O)N[C@@H](Cc3ccccc3)C(=O)N(C)c3ccc4scnc4c3)c2)cc1. The molecule has 1 heterocycles. The zero-order valence-electron chi connectivity index (χ0n) is 22.6. The molecule has 0 aliphatic carbocycles. The van der Waals surface area contributed by atoms with Crippen molar-refractivity contribution in [3.8, 4) is 0 Å². The minimum absolute atomic E-state index is 0.268. The van der Waals surface area contributed by atoms with Gasteiger partial charge in [0.05, 0.1) is 15.7 Å². The van der Waals surface area contributed by atoms with Crippen molar-refractivity contribution in [3.63, 3.8) is 0 Å². The molecule has 206 valence electrons. The van der Waals surface area contributed by atoms with Gasteiger partial charge in [0.2, 0.25) is 5.91 Å². The van der Waals surface area contributed by atoms with Crippen molar-refractivity contribution in [2.45, 2.75) is 12.5 Å². The number of hydrogen-bond donors (Lipinski definition) is 3. The van der Waals surface area contributed by atoms with Gasteiger partial charge >= 0.3 is 0 Å². The molecule has 0 saturated heterocycles. The summed E-state index contributed by atoms with van der Waals surface area (Å²) in [4.78, 5) is 46.0. The van der Waals surface area contributed by atoms with E-state index < -0.39 is 11.9 Å². The van der Waals surface area contributed by atoms with Crippen LogP contribution in [-0.4, -0.2) is 42.8 Å². The van der Waals surface area contributed by atoms with Gasteiger partial charge in [-0.05, 0) is 66.2 Å². The topological polar surface area (TPSA) is 103 Å². The number of thiazole rings is 1. The van der Waals surface area contributed by atoms with Crippen molar-refractivity contribution < 1.29 is 14.4 Å². The maximum Gasteiger partial charge on any atom is 0.255 e. The maximum atomic E-state index is 13.7. The van der Waals surface area contributed by atoms with Crippen LogP contribution in [0.15, 0.2) is 103 Å². The van der Waals surface area contributed by atoms with E-state index in [9.17, 15) is 14.4 Å². The number of benzene rings is 4. The zero-order valence-corrected chi connectivity index (χ0v) is 23.4. The fourth-order valence-electron chi connectivity index (χ4n) is 4.43. The molecule has 0 radical (unpaired) electrons. The van der Waals surface area contributed by atoms with Crippen molar-refractivity contribution in [1.29, 1.82) is 0 Å². The number of hydrogen-bond acceptors (Lipinski definition) is 6. The Morgan fingerprint density at radius 3 is 2.27 bits per heavy atom. The average Bonchev–Trinajstić information content (AvgIpc) is 3.49. The lowest BCUT2D eigenvalue weighted by Gasteiger charge is -2.25. The Morgan fingerprint density at radius 1 is 0.829 bits per heavy atom. The van der Waals surface area contributed by atoms with Gasteiger partial charge in [0.25, 0.3) is 11.8 Å². The number of carbonyl (C=O) groups excluding carboxylic acids is 3. The lowest BCUT2D eigenvalue weighted by Crippen LogP contribution is -2.48. The van der Waals surface area contributed by atoms with Gasteiger partial charge < -0.3 is 20.9 Å². The average molecular weight is 564 g/mol. The number of anilines is 3. The Balaban J connectivity index is 1.34. The van der Waals surface area contributed by atoms with Crippen molar-refractivity contribution in [2.24, 2.45) is 0 Å². The monoisotopic (exact) mass is 563 g/mol. The molecule has 0 aliphatic heterocycles. The summed E-state index contributed by atoms with van der Waals surface area (Å²) in [6, 6.07) is 28.1. The summed E-state index contributed by atoms with van der Waals surface area (Å²) in [5.74, 6) is -1.06. The molecule has 8 nitrogen and oxygen atoms in total. The summed E-state index contributed by atoms with van der Waals surface area (Å²) >= 11 is 1.53. The highest BCUT2D eigenvalue weighted by Gasteiger charge is 2.26. The van der Waals surface area contributed by atoms with E-state index in [-0.39, 0.29) is 17.4 Å². The van der Waals surface area contributed by atoms with Crippen LogP contribution in [-0.2, 0) is 11.2 Å². The van der Waals surface area contributed by atoms with Crippen LogP contribution in [0.4, 0.5) is 17.1 Å². The van der Waals surface area contributed by atoms with Gasteiger partial charge in [-0.2, -0.15) is 0 Å². The van der Waals surface area contributed by atoms with Gasteiger partial charge in [0.15, 0.2) is 0 Å². The molecule has 5 aromatic rings. The first kappa shape index (κ1) is 27.5. The first-order valence-corrected chi connectivity index (χ1v) is 13.9. The summed E-state index contributed by atoms with van der Waals surface area (Å²) < 4.78 is 1.03. The normalized spacial score (nSPS) is 11.5. The molecule has 4 aromatic carbocycles. The third kappa shape index (κ3) is 6.59. The molecule has 1 atom stereocenters. The molecule has 0 bridgehead atoms. The lowest BCUT2D eigenvalue weighted by atomic mass is 10.0. The minimum atomic E-state index is -0.843. The Labute approximate surface area is 242 Å². The van der Waals surface area contributed by atoms with Gasteiger partial charge in [-0.1, -0.05) is 36.4 Å². The molecule has 41 heavy (non-hydrogen) atoms. The van der Waals surface area contributed by atoms with E-state index in [2.05, 4.69) is 20.9 Å². The Bertz CT molecular complexity index is 1690. The molecule has 3 N–H and O–H groups in total. The highest BCUT2D eigenvalue weighted by atomic mass is 32.1. The molecule has 0 saturated carbocycles. The largest absolute Gasteiger partial charge is 0.388 e. The third-order valence-corrected chi connectivity index (χ3v) is 7.55. The number of aromatic nitrogens is 1. The van der Waals surface area contributed by atoms with Crippen LogP contribution in [0, 0.1) is 0 Å². The molecule has 0 spiro atoms. The van der Waals surface area contributed by atoms with E-state index in [0.717, 1.165) is 21.5 Å². The van der Waals surface area contributed by atoms with Crippen molar-refractivity contribution in [3.05, 3.63) is 119 Å². The van der Waals surface area contributed by atoms with Crippen LogP contribution in [0.3, 0.4) is 0 Å². The van der Waals surface area contributed by atoms with Gasteiger partial charge in [0.1, 0.15) is 6.04 Å². The smallest absolute Gasteiger partial charge is 0.255 e. The fourth-order valence-corrected chi connectivity index (χ4v) is 5.09. The lowest BCUT2D eigenvalue weighted by molar-refractivity contribution is -0.120. The third-order valence-electron chi connectivity index (χ3n) is 6.74. The fraction of sp³-hybridized carbons (Fsp3) is 0.125. The Kier molecular flexibility index (Phi) is 8.36. The molecule has 9 heteroatoms. The predicted octanol–water partition coefficient (Wildman–Crippen LogP) is 5.59. The molecular weight excluding hydrogens is 534 g/mol. The summed E-state index contributed by atoms with van der Waals surface area (Å²) in [5, 5.41) is 8.79. The summed E-state index contributed by atoms with van der Waals surface area (Å²) in [6.45, 7) is 0. The van der Waals surface area contributed by atoms with Gasteiger partial charge in [-0.25, -0.2) is 4.98 Å². The van der Waals surface area contributed by atoms with Crippen LogP contribution in [0.1, 0.15) is 26.3 Å². The van der Waals surface area contributed by atoms with E-state index in [1.807, 2.05) is 67.7 Å². The highest BCUT2D eigenvalue weighted by molar-refractivity contribution is 7.16. The summed E-state index contributed by atoms with van der Waals surface area (Å²) in [5.41, 5.74) is 6.34. The number of nitrogens with one attached hydrogen (secondary N) is 3. The number of carbonyl (C=O) groups is 3. The number of rotatable bonds is 9. The van der Waals surface area contributed by atoms with E-state index in [4.69, 9.17) is 0 Å². The van der Waals surface area contributed by atoms with E-state index >= 15 is 0 Å². The molecule has 1 aromatic heterocycles. The van der Waals surface area contributed by atoms with E-state index in [1.54, 1.807) is 42.9 Å². The maximum absolute atomic E-state index is 13.7. The Hall–Kier alpha value is -5.02. The number of amides is 3. The second kappa shape index (κ2) is 12.4. The number of likely N-dealkylation sites (N-methyl/N-ethyl adjacent to an activating group) is 1. The van der Waals surface area contributed by atoms with E-state index in [1.165, 1.54) is 22.3 Å². The van der Waals surface area contributed by atoms with Gasteiger partial charge in [-0.3, -0.25) is 14.4 Å². The van der Waals surface area contributed by atoms with Crippen LogP contribution in [0.25, 0.3) is 10.2 Å². The van der Waals surface area contributed by atoms with Crippen LogP contribution in [0.5, 0.6) is 0 Å². The minimum Gasteiger partial charge on any atom is -0.388 e. The molecular formula is C32H29N5O3S. The van der Waals surface area contributed by atoms with Crippen LogP contribution >= 0.6 is 11.3 Å². The molecule has 0 fully saturated rings. The molecule has 0 aliphatic rings. The molecule has 3 amide bonds. The number of fused-ring (bicyclic) bond motifs is 1. The number of nitrogens with zero attached hydrogens (tertiary/aromatic N) is 2. The van der Waals surface area contributed by atoms with Crippen molar-refractivity contribution >= 4 is 56.3 Å². The zero-order chi connectivity index (χ0) is 28.8. The van der Waals surface area contributed by atoms with Crippen molar-refractivity contribution in [1.82, 2.24) is 10.3 Å². The van der Waals surface area contributed by atoms with Crippen LogP contribution in [0.2, 0.25) is 0 Å². The van der Waals surface area contributed by atoms with Gasteiger partial charge in [0, 0.05) is 48.7 Å². The molecule has 5 rings (SSSR count). The first-order chi connectivity index (χ1) is 19.9. The molecule has 0 unspecified atom stereocenters. The van der Waals surface area contributed by atoms with E-state index in [0.29, 0.717) is 23.4 Å². The van der Waals surface area contributed by atoms with Crippen molar-refractivity contribution in [2.75, 3.05) is 29.6 Å². The highest BCUT2D eigenvalue weighted by Crippen LogP contribution is 2.24. The Morgan fingerprint density at radius 2 is 1.54 bits per heavy atom. The first-order valence-electron chi connectivity index (χ1n) is 13.1. The second-order valence-electron chi connectivity index (χ2n) is 9.48. The standard InChI is InChI=1S/C32H29N5O3S/c1-33-24-11-13-25(14-12-24)35-30(38)22-9-6-10-23(18-22)31(39)36-28(17-21-7-4-3-5-8-21)32(40)37(2)26-15-16-29-27(19-26)34-20-41-29/h3-16,18-20,28,33H,17H2,1-2H3,(H,35,38)(H,36,39)/t28-/m0/s1. The predicted molar refractivity (Wildman–Crippen MR) is 165 cm³/mol. The quantitative estimate of drug-likeness (QED) is 0.217.